The minimum absolute atomic E-state index is 0.0879. The van der Waals surface area contributed by atoms with E-state index in [1.807, 2.05) is 24.3 Å². The SMILES string of the molecule is [CH2]c1cccc(NC(=O)CCCCN2CCN(CCOC)CC2)c1. The molecule has 1 amide bonds. The van der Waals surface area contributed by atoms with Gasteiger partial charge in [-0.05, 0) is 44.0 Å². The normalized spacial score (nSPS) is 16.2. The van der Waals surface area contributed by atoms with Crippen LogP contribution in [0.3, 0.4) is 0 Å². The van der Waals surface area contributed by atoms with Crippen LogP contribution >= 0.6 is 0 Å². The summed E-state index contributed by atoms with van der Waals surface area (Å²) in [4.78, 5) is 16.9. The number of nitrogens with zero attached hydrogens (tertiary/aromatic N) is 2. The number of nitrogens with one attached hydrogen (secondary N) is 1. The molecule has 1 heterocycles. The molecule has 0 saturated carbocycles. The van der Waals surface area contributed by atoms with Crippen LogP contribution in [0.15, 0.2) is 24.3 Å². The summed E-state index contributed by atoms with van der Waals surface area (Å²) in [6.07, 6.45) is 2.58. The molecule has 0 aliphatic carbocycles. The van der Waals surface area contributed by atoms with Crippen LogP contribution in [0.25, 0.3) is 0 Å². The van der Waals surface area contributed by atoms with Gasteiger partial charge in [0.15, 0.2) is 0 Å². The molecule has 5 heteroatoms. The van der Waals surface area contributed by atoms with Gasteiger partial charge in [0.25, 0.3) is 0 Å². The van der Waals surface area contributed by atoms with Gasteiger partial charge in [-0.25, -0.2) is 0 Å². The van der Waals surface area contributed by atoms with E-state index in [4.69, 9.17) is 4.74 Å². The van der Waals surface area contributed by atoms with Gasteiger partial charge in [0.05, 0.1) is 6.61 Å². The van der Waals surface area contributed by atoms with E-state index in [2.05, 4.69) is 22.0 Å². The second-order valence-electron chi connectivity index (χ2n) is 6.38. The Morgan fingerprint density at radius 2 is 1.88 bits per heavy atom. The minimum atomic E-state index is 0.0879. The average molecular weight is 332 g/mol. The molecule has 1 aromatic carbocycles. The Morgan fingerprint density at radius 1 is 1.17 bits per heavy atom. The van der Waals surface area contributed by atoms with Crippen LogP contribution in [0.2, 0.25) is 0 Å². The molecule has 1 radical (unpaired) electrons. The maximum atomic E-state index is 12.0. The molecule has 24 heavy (non-hydrogen) atoms. The Kier molecular flexibility index (Phi) is 8.22. The molecule has 1 aliphatic rings. The van der Waals surface area contributed by atoms with Crippen LogP contribution in [0, 0.1) is 6.92 Å². The zero-order chi connectivity index (χ0) is 17.2. The quantitative estimate of drug-likeness (QED) is 0.705. The van der Waals surface area contributed by atoms with Gasteiger partial charge >= 0.3 is 0 Å². The fourth-order valence-corrected chi connectivity index (χ4v) is 2.95. The first-order valence-corrected chi connectivity index (χ1v) is 8.83. The first-order valence-electron chi connectivity index (χ1n) is 8.83. The number of rotatable bonds is 9. The standard InChI is InChI=1S/C19H30N3O2/c1-17-6-5-7-18(16-17)20-19(23)8-3-4-9-21-10-12-22(13-11-21)14-15-24-2/h5-7,16H,1,3-4,8-15H2,2H3,(H,20,23). The Balaban J connectivity index is 1.54. The van der Waals surface area contributed by atoms with E-state index in [0.29, 0.717) is 6.42 Å². The van der Waals surface area contributed by atoms with E-state index in [1.165, 1.54) is 0 Å². The van der Waals surface area contributed by atoms with Crippen LogP contribution in [0.4, 0.5) is 5.69 Å². The summed E-state index contributed by atoms with van der Waals surface area (Å²) in [5, 5.41) is 2.94. The van der Waals surface area contributed by atoms with E-state index in [0.717, 1.165) is 70.0 Å². The van der Waals surface area contributed by atoms with Crippen molar-refractivity contribution in [2.24, 2.45) is 0 Å². The molecular formula is C19H30N3O2. The lowest BCUT2D eigenvalue weighted by Gasteiger charge is -2.34. The highest BCUT2D eigenvalue weighted by molar-refractivity contribution is 5.90. The molecule has 1 saturated heterocycles. The highest BCUT2D eigenvalue weighted by Gasteiger charge is 2.15. The second-order valence-corrected chi connectivity index (χ2v) is 6.38. The number of unbranched alkanes of at least 4 members (excludes halogenated alkanes) is 1. The minimum Gasteiger partial charge on any atom is -0.383 e. The van der Waals surface area contributed by atoms with E-state index >= 15 is 0 Å². The number of carbonyl (C=O) groups excluding carboxylic acids is 1. The van der Waals surface area contributed by atoms with Crippen molar-refractivity contribution >= 4 is 11.6 Å². The van der Waals surface area contributed by atoms with E-state index in [1.54, 1.807) is 7.11 Å². The van der Waals surface area contributed by atoms with Gasteiger partial charge in [0, 0.05) is 51.9 Å². The lowest BCUT2D eigenvalue weighted by Crippen LogP contribution is -2.47. The van der Waals surface area contributed by atoms with Crippen molar-refractivity contribution < 1.29 is 9.53 Å². The summed E-state index contributed by atoms with van der Waals surface area (Å²) in [7, 11) is 1.75. The number of amides is 1. The van der Waals surface area contributed by atoms with Crippen LogP contribution in [0.1, 0.15) is 24.8 Å². The van der Waals surface area contributed by atoms with Gasteiger partial charge in [-0.1, -0.05) is 12.1 Å². The number of anilines is 1. The summed E-state index contributed by atoms with van der Waals surface area (Å²) in [6, 6.07) is 7.62. The molecule has 1 fully saturated rings. The van der Waals surface area contributed by atoms with Crippen LogP contribution in [-0.4, -0.2) is 68.7 Å². The Hall–Kier alpha value is -1.43. The second kappa shape index (κ2) is 10.4. The maximum Gasteiger partial charge on any atom is 0.224 e. The van der Waals surface area contributed by atoms with Crippen molar-refractivity contribution in [2.45, 2.75) is 19.3 Å². The molecule has 2 rings (SSSR count). The number of hydrogen-bond donors (Lipinski definition) is 1. The van der Waals surface area contributed by atoms with Crippen molar-refractivity contribution in [2.75, 3.05) is 58.3 Å². The van der Waals surface area contributed by atoms with E-state index in [-0.39, 0.29) is 5.91 Å². The topological polar surface area (TPSA) is 44.8 Å². The molecule has 1 N–H and O–H groups in total. The van der Waals surface area contributed by atoms with Crippen LogP contribution in [0.5, 0.6) is 0 Å². The zero-order valence-electron chi connectivity index (χ0n) is 14.8. The van der Waals surface area contributed by atoms with Gasteiger partial charge in [-0.3, -0.25) is 9.69 Å². The summed E-state index contributed by atoms with van der Waals surface area (Å²) < 4.78 is 5.13. The van der Waals surface area contributed by atoms with Gasteiger partial charge in [0.2, 0.25) is 5.91 Å². The lowest BCUT2D eigenvalue weighted by molar-refractivity contribution is -0.116. The molecule has 0 unspecified atom stereocenters. The summed E-state index contributed by atoms with van der Waals surface area (Å²) in [5.74, 6) is 0.0879. The third-order valence-electron chi connectivity index (χ3n) is 4.42. The van der Waals surface area contributed by atoms with Crippen molar-refractivity contribution in [3.05, 3.63) is 36.8 Å². The molecule has 1 aromatic rings. The number of carbonyl (C=O) groups is 1. The molecular weight excluding hydrogens is 302 g/mol. The van der Waals surface area contributed by atoms with Crippen molar-refractivity contribution in [1.29, 1.82) is 0 Å². The fourth-order valence-electron chi connectivity index (χ4n) is 2.95. The molecule has 5 nitrogen and oxygen atoms in total. The van der Waals surface area contributed by atoms with Crippen LogP contribution in [-0.2, 0) is 9.53 Å². The third-order valence-corrected chi connectivity index (χ3v) is 4.42. The first kappa shape index (κ1) is 18.9. The zero-order valence-corrected chi connectivity index (χ0v) is 14.8. The molecule has 0 aromatic heterocycles. The van der Waals surface area contributed by atoms with Gasteiger partial charge in [0.1, 0.15) is 0 Å². The monoisotopic (exact) mass is 332 g/mol. The number of benzene rings is 1. The van der Waals surface area contributed by atoms with Crippen molar-refractivity contribution in [1.82, 2.24) is 9.80 Å². The van der Waals surface area contributed by atoms with Gasteiger partial charge in [-0.2, -0.15) is 0 Å². The Bertz CT molecular complexity index is 499. The van der Waals surface area contributed by atoms with Gasteiger partial charge < -0.3 is 15.0 Å². The number of hydrogen-bond acceptors (Lipinski definition) is 4. The largest absolute Gasteiger partial charge is 0.383 e. The summed E-state index contributed by atoms with van der Waals surface area (Å²) >= 11 is 0. The number of piperazine rings is 1. The molecule has 1 aliphatic heterocycles. The fraction of sp³-hybridized carbons (Fsp3) is 0.579. The Morgan fingerprint density at radius 3 is 2.54 bits per heavy atom. The predicted molar refractivity (Wildman–Crippen MR) is 98.1 cm³/mol. The third kappa shape index (κ3) is 6.99. The van der Waals surface area contributed by atoms with E-state index in [9.17, 15) is 4.79 Å². The predicted octanol–water partition coefficient (Wildman–Crippen LogP) is 2.24. The first-order chi connectivity index (χ1) is 11.7. The summed E-state index contributed by atoms with van der Waals surface area (Å²) in [6.45, 7) is 11.3. The average Bonchev–Trinajstić information content (AvgIpc) is 2.58. The van der Waals surface area contributed by atoms with E-state index < -0.39 is 0 Å². The smallest absolute Gasteiger partial charge is 0.224 e. The van der Waals surface area contributed by atoms with Crippen LogP contribution < -0.4 is 5.32 Å². The molecule has 0 bridgehead atoms. The summed E-state index contributed by atoms with van der Waals surface area (Å²) in [5.41, 5.74) is 1.75. The van der Waals surface area contributed by atoms with Crippen molar-refractivity contribution in [3.8, 4) is 0 Å². The molecule has 0 atom stereocenters. The highest BCUT2D eigenvalue weighted by atomic mass is 16.5. The number of methoxy groups -OCH3 is 1. The highest BCUT2D eigenvalue weighted by Crippen LogP contribution is 2.11. The Labute approximate surface area is 146 Å². The van der Waals surface area contributed by atoms with Gasteiger partial charge in [-0.15, -0.1) is 0 Å². The lowest BCUT2D eigenvalue weighted by atomic mass is 10.2. The number of ether oxygens (including phenoxy) is 1. The molecule has 133 valence electrons. The maximum absolute atomic E-state index is 12.0. The van der Waals surface area contributed by atoms with Crippen molar-refractivity contribution in [3.63, 3.8) is 0 Å². The molecule has 0 spiro atoms.